The van der Waals surface area contributed by atoms with Crippen LogP contribution < -0.4 is 15.5 Å². The number of benzene rings is 3. The van der Waals surface area contributed by atoms with Crippen molar-refractivity contribution in [2.45, 2.75) is 18.0 Å². The Morgan fingerprint density at radius 3 is 2.43 bits per heavy atom. The third-order valence-corrected chi connectivity index (χ3v) is 8.28. The second-order valence-corrected chi connectivity index (χ2v) is 10.6. The largest absolute Gasteiger partial charge is 0.361 e. The first-order valence-corrected chi connectivity index (χ1v) is 12.7. The van der Waals surface area contributed by atoms with Gasteiger partial charge in [0, 0.05) is 44.4 Å². The van der Waals surface area contributed by atoms with Gasteiger partial charge in [0.05, 0.1) is 17.5 Å². The van der Waals surface area contributed by atoms with E-state index in [2.05, 4.69) is 15.6 Å². The van der Waals surface area contributed by atoms with E-state index in [0.717, 1.165) is 21.4 Å². The molecule has 0 aliphatic carbocycles. The van der Waals surface area contributed by atoms with E-state index < -0.39 is 29.3 Å². The summed E-state index contributed by atoms with van der Waals surface area (Å²) in [5.41, 5.74) is 2.21. The Labute approximate surface area is 221 Å². The SMILES string of the molecule is O=C1C2C(Cc3c[nH]c4ccccc34)NC3(C(=O)Nc4ccccc43)C2C(=O)N1c1cc(Cl)cc(Cl)c1. The van der Waals surface area contributed by atoms with Crippen molar-refractivity contribution in [2.75, 3.05) is 10.2 Å². The standard InChI is InChI=1S/C28H20Cl2N4O3/c29-15-10-16(30)12-17(11-15)34-25(35)23-22(9-14-13-31-20-7-3-1-5-18(14)20)33-28(24(23)26(34)36)19-6-2-4-8-21(19)32-27(28)37/h1-8,10-13,22-24,31,33H,9H2,(H,32,37). The summed E-state index contributed by atoms with van der Waals surface area (Å²) in [6.45, 7) is 0. The number of para-hydroxylation sites is 2. The number of rotatable bonds is 3. The minimum absolute atomic E-state index is 0.301. The highest BCUT2D eigenvalue weighted by Crippen LogP contribution is 2.54. The van der Waals surface area contributed by atoms with E-state index in [9.17, 15) is 14.4 Å². The Morgan fingerprint density at radius 1 is 0.892 bits per heavy atom. The number of halogens is 2. The molecular weight excluding hydrogens is 511 g/mol. The lowest BCUT2D eigenvalue weighted by Crippen LogP contribution is -2.53. The molecule has 37 heavy (non-hydrogen) atoms. The van der Waals surface area contributed by atoms with Gasteiger partial charge in [0.1, 0.15) is 5.54 Å². The number of carbonyl (C=O) groups excluding carboxylic acids is 3. The van der Waals surface area contributed by atoms with Crippen molar-refractivity contribution in [1.82, 2.24) is 10.3 Å². The Balaban J connectivity index is 1.38. The van der Waals surface area contributed by atoms with Gasteiger partial charge in [-0.1, -0.05) is 59.6 Å². The van der Waals surface area contributed by atoms with Gasteiger partial charge in [0.25, 0.3) is 0 Å². The summed E-state index contributed by atoms with van der Waals surface area (Å²) >= 11 is 12.4. The number of amides is 3. The van der Waals surface area contributed by atoms with Crippen LogP contribution >= 0.6 is 23.2 Å². The van der Waals surface area contributed by atoms with Crippen LogP contribution in [0.4, 0.5) is 11.4 Å². The zero-order chi connectivity index (χ0) is 25.5. The van der Waals surface area contributed by atoms with E-state index in [1.165, 1.54) is 0 Å². The smallest absolute Gasteiger partial charge is 0.250 e. The van der Waals surface area contributed by atoms with Crippen molar-refractivity contribution in [2.24, 2.45) is 11.8 Å². The fraction of sp³-hybridized carbons (Fsp3) is 0.179. The summed E-state index contributed by atoms with van der Waals surface area (Å²) in [6, 6.07) is 19.4. The third-order valence-electron chi connectivity index (χ3n) is 7.84. The van der Waals surface area contributed by atoms with Crippen LogP contribution in [0.15, 0.2) is 72.9 Å². The molecule has 2 fully saturated rings. The highest BCUT2D eigenvalue weighted by atomic mass is 35.5. The molecule has 184 valence electrons. The molecule has 4 atom stereocenters. The summed E-state index contributed by atoms with van der Waals surface area (Å²) in [5.74, 6) is -2.86. The molecule has 0 bridgehead atoms. The lowest BCUT2D eigenvalue weighted by atomic mass is 9.76. The van der Waals surface area contributed by atoms with Crippen LogP contribution in [0.25, 0.3) is 10.9 Å². The maximum atomic E-state index is 14.1. The van der Waals surface area contributed by atoms with Gasteiger partial charge in [-0.2, -0.15) is 0 Å². The van der Waals surface area contributed by atoms with Gasteiger partial charge >= 0.3 is 0 Å². The van der Waals surface area contributed by atoms with Crippen LogP contribution in [0.3, 0.4) is 0 Å². The number of anilines is 2. The predicted molar refractivity (Wildman–Crippen MR) is 142 cm³/mol. The van der Waals surface area contributed by atoms with Crippen molar-refractivity contribution in [3.63, 3.8) is 0 Å². The highest BCUT2D eigenvalue weighted by molar-refractivity contribution is 6.36. The normalized spacial score (nSPS) is 26.3. The molecular formula is C28H20Cl2N4O3. The van der Waals surface area contributed by atoms with Crippen molar-refractivity contribution >= 4 is 63.2 Å². The van der Waals surface area contributed by atoms with Crippen LogP contribution in [0.1, 0.15) is 11.1 Å². The number of aromatic nitrogens is 1. The number of fused-ring (bicyclic) bond motifs is 5. The van der Waals surface area contributed by atoms with E-state index in [4.69, 9.17) is 23.2 Å². The Morgan fingerprint density at radius 2 is 1.62 bits per heavy atom. The topological polar surface area (TPSA) is 94.3 Å². The lowest BCUT2D eigenvalue weighted by Gasteiger charge is -2.29. The van der Waals surface area contributed by atoms with Crippen LogP contribution in [-0.4, -0.2) is 28.7 Å². The molecule has 4 unspecified atom stereocenters. The average molecular weight is 531 g/mol. The molecule has 9 heteroatoms. The summed E-state index contributed by atoms with van der Waals surface area (Å²) in [7, 11) is 0. The van der Waals surface area contributed by atoms with Gasteiger partial charge in [0.15, 0.2) is 0 Å². The monoisotopic (exact) mass is 530 g/mol. The molecule has 3 N–H and O–H groups in total. The van der Waals surface area contributed by atoms with Gasteiger partial charge in [-0.25, -0.2) is 4.90 Å². The molecule has 1 spiro atoms. The van der Waals surface area contributed by atoms with E-state index >= 15 is 0 Å². The van der Waals surface area contributed by atoms with Crippen LogP contribution in [0.2, 0.25) is 10.0 Å². The number of carbonyl (C=O) groups is 3. The zero-order valence-electron chi connectivity index (χ0n) is 19.3. The Kier molecular flexibility index (Phi) is 4.83. The highest BCUT2D eigenvalue weighted by Gasteiger charge is 2.70. The van der Waals surface area contributed by atoms with E-state index in [-0.39, 0.29) is 11.8 Å². The summed E-state index contributed by atoms with van der Waals surface area (Å²) in [5, 5.41) is 8.07. The molecule has 3 amide bonds. The molecule has 1 aromatic heterocycles. The van der Waals surface area contributed by atoms with Crippen LogP contribution in [0, 0.1) is 11.8 Å². The van der Waals surface area contributed by atoms with Crippen LogP contribution in [-0.2, 0) is 26.3 Å². The van der Waals surface area contributed by atoms with Gasteiger partial charge in [-0.3, -0.25) is 19.7 Å². The molecule has 2 saturated heterocycles. The molecule has 4 heterocycles. The van der Waals surface area contributed by atoms with Gasteiger partial charge in [0.2, 0.25) is 17.7 Å². The Bertz CT molecular complexity index is 1630. The number of hydrogen-bond donors (Lipinski definition) is 3. The first kappa shape index (κ1) is 22.5. The number of hydrogen-bond acceptors (Lipinski definition) is 4. The summed E-state index contributed by atoms with van der Waals surface area (Å²) < 4.78 is 0. The summed E-state index contributed by atoms with van der Waals surface area (Å²) in [4.78, 5) is 46.2. The number of imide groups is 1. The van der Waals surface area contributed by atoms with Crippen molar-refractivity contribution < 1.29 is 14.4 Å². The molecule has 3 aliphatic rings. The van der Waals surface area contributed by atoms with Crippen LogP contribution in [0.5, 0.6) is 0 Å². The molecule has 7 nitrogen and oxygen atoms in total. The van der Waals surface area contributed by atoms with Crippen molar-refractivity contribution in [1.29, 1.82) is 0 Å². The number of H-pyrrole nitrogens is 1. The van der Waals surface area contributed by atoms with Gasteiger partial charge < -0.3 is 10.3 Å². The second kappa shape index (κ2) is 7.92. The minimum Gasteiger partial charge on any atom is -0.361 e. The van der Waals surface area contributed by atoms with E-state index in [1.54, 1.807) is 24.3 Å². The fourth-order valence-corrected chi connectivity index (χ4v) is 6.91. The van der Waals surface area contributed by atoms with Gasteiger partial charge in [-0.05, 0) is 42.3 Å². The summed E-state index contributed by atoms with van der Waals surface area (Å²) in [6.07, 6.45) is 2.37. The average Bonchev–Trinajstić information content (AvgIpc) is 3.57. The van der Waals surface area contributed by atoms with E-state index in [0.29, 0.717) is 33.4 Å². The fourth-order valence-electron chi connectivity index (χ4n) is 6.39. The van der Waals surface area contributed by atoms with Crippen molar-refractivity contribution in [3.8, 4) is 0 Å². The zero-order valence-corrected chi connectivity index (χ0v) is 20.8. The molecule has 3 aromatic carbocycles. The maximum Gasteiger partial charge on any atom is 0.250 e. The van der Waals surface area contributed by atoms with Gasteiger partial charge in [-0.15, -0.1) is 0 Å². The molecule has 0 radical (unpaired) electrons. The second-order valence-electron chi connectivity index (χ2n) is 9.77. The first-order chi connectivity index (χ1) is 17.9. The first-order valence-electron chi connectivity index (χ1n) is 12.0. The Hall–Kier alpha value is -3.65. The molecule has 0 saturated carbocycles. The third kappa shape index (κ3) is 3.08. The number of nitrogens with one attached hydrogen (secondary N) is 3. The molecule has 3 aliphatic heterocycles. The number of aromatic amines is 1. The predicted octanol–water partition coefficient (Wildman–Crippen LogP) is 4.64. The lowest BCUT2D eigenvalue weighted by molar-refractivity contribution is -0.130. The van der Waals surface area contributed by atoms with Crippen molar-refractivity contribution in [3.05, 3.63) is 94.1 Å². The molecule has 7 rings (SSSR count). The molecule has 4 aromatic rings. The quantitative estimate of drug-likeness (QED) is 0.336. The van der Waals surface area contributed by atoms with E-state index in [1.807, 2.05) is 48.7 Å². The minimum atomic E-state index is -1.37. The number of nitrogens with zero attached hydrogens (tertiary/aromatic N) is 1. The maximum absolute atomic E-state index is 14.1.